The summed E-state index contributed by atoms with van der Waals surface area (Å²) < 4.78 is 5.63. The standard InChI is InChI=1S/C16H25NO2/c1-12-6-4-5-7-15(12)16(18)8-9-17-10-14(3)19-11-13(17)2/h4-7,13-14,16,18H,8-11H2,1-3H3. The number of ether oxygens (including phenoxy) is 1. The van der Waals surface area contributed by atoms with Crippen molar-refractivity contribution in [1.82, 2.24) is 4.90 Å². The molecular weight excluding hydrogens is 238 g/mol. The molecule has 0 aliphatic carbocycles. The molecule has 0 amide bonds. The summed E-state index contributed by atoms with van der Waals surface area (Å²) >= 11 is 0. The van der Waals surface area contributed by atoms with Gasteiger partial charge in [0.05, 0.1) is 18.8 Å². The second kappa shape index (κ2) is 6.51. The van der Waals surface area contributed by atoms with Gasteiger partial charge in [0.25, 0.3) is 0 Å². The average molecular weight is 263 g/mol. The molecule has 1 aliphatic rings. The summed E-state index contributed by atoms with van der Waals surface area (Å²) in [5.74, 6) is 0. The van der Waals surface area contributed by atoms with Gasteiger partial charge in [-0.2, -0.15) is 0 Å². The largest absolute Gasteiger partial charge is 0.388 e. The summed E-state index contributed by atoms with van der Waals surface area (Å²) in [6.07, 6.45) is 0.709. The van der Waals surface area contributed by atoms with E-state index in [-0.39, 0.29) is 6.10 Å². The van der Waals surface area contributed by atoms with E-state index in [4.69, 9.17) is 4.74 Å². The maximum absolute atomic E-state index is 10.3. The number of rotatable bonds is 4. The van der Waals surface area contributed by atoms with E-state index >= 15 is 0 Å². The quantitative estimate of drug-likeness (QED) is 0.906. The van der Waals surface area contributed by atoms with Crippen LogP contribution in [0.3, 0.4) is 0 Å². The second-order valence-corrected chi connectivity index (χ2v) is 5.65. The van der Waals surface area contributed by atoms with Crippen LogP contribution >= 0.6 is 0 Å². The molecule has 106 valence electrons. The topological polar surface area (TPSA) is 32.7 Å². The number of aryl methyl sites for hydroxylation is 1. The Morgan fingerprint density at radius 1 is 1.37 bits per heavy atom. The lowest BCUT2D eigenvalue weighted by Crippen LogP contribution is -2.47. The molecule has 0 bridgehead atoms. The molecule has 0 aromatic heterocycles. The lowest BCUT2D eigenvalue weighted by molar-refractivity contribution is -0.0528. The van der Waals surface area contributed by atoms with E-state index < -0.39 is 0 Å². The number of morpholine rings is 1. The Morgan fingerprint density at radius 2 is 2.11 bits per heavy atom. The summed E-state index contributed by atoms with van der Waals surface area (Å²) in [4.78, 5) is 2.41. The van der Waals surface area contributed by atoms with Crippen molar-refractivity contribution >= 4 is 0 Å². The minimum atomic E-state index is -0.369. The number of benzene rings is 1. The number of aliphatic hydroxyl groups excluding tert-OH is 1. The molecule has 1 heterocycles. The molecule has 0 saturated carbocycles. The van der Waals surface area contributed by atoms with Gasteiger partial charge in [-0.1, -0.05) is 24.3 Å². The molecule has 0 radical (unpaired) electrons. The van der Waals surface area contributed by atoms with E-state index in [9.17, 15) is 5.11 Å². The van der Waals surface area contributed by atoms with E-state index in [0.717, 1.165) is 31.7 Å². The zero-order valence-corrected chi connectivity index (χ0v) is 12.2. The van der Waals surface area contributed by atoms with E-state index in [2.05, 4.69) is 31.7 Å². The molecule has 3 atom stereocenters. The van der Waals surface area contributed by atoms with Crippen LogP contribution in [0.15, 0.2) is 24.3 Å². The third kappa shape index (κ3) is 3.78. The SMILES string of the molecule is Cc1ccccc1C(O)CCN1CC(C)OCC1C. The molecule has 3 heteroatoms. The van der Waals surface area contributed by atoms with Crippen LogP contribution in [0.2, 0.25) is 0 Å². The molecule has 1 N–H and O–H groups in total. The fourth-order valence-electron chi connectivity index (χ4n) is 2.69. The van der Waals surface area contributed by atoms with E-state index in [1.807, 2.05) is 18.2 Å². The van der Waals surface area contributed by atoms with Crippen molar-refractivity contribution in [3.63, 3.8) is 0 Å². The first-order chi connectivity index (χ1) is 9.08. The first-order valence-electron chi connectivity index (χ1n) is 7.17. The van der Waals surface area contributed by atoms with Gasteiger partial charge in [0, 0.05) is 19.1 Å². The van der Waals surface area contributed by atoms with Crippen molar-refractivity contribution in [2.24, 2.45) is 0 Å². The Hall–Kier alpha value is -0.900. The van der Waals surface area contributed by atoms with Crippen LogP contribution in [0.4, 0.5) is 0 Å². The zero-order valence-electron chi connectivity index (χ0n) is 12.2. The molecule has 3 nitrogen and oxygen atoms in total. The molecule has 1 aliphatic heterocycles. The fraction of sp³-hybridized carbons (Fsp3) is 0.625. The van der Waals surface area contributed by atoms with Crippen molar-refractivity contribution in [3.8, 4) is 0 Å². The highest BCUT2D eigenvalue weighted by Gasteiger charge is 2.23. The summed E-state index contributed by atoms with van der Waals surface area (Å²) in [7, 11) is 0. The lowest BCUT2D eigenvalue weighted by Gasteiger charge is -2.37. The van der Waals surface area contributed by atoms with Gasteiger partial charge in [-0.3, -0.25) is 4.90 Å². The van der Waals surface area contributed by atoms with Crippen LogP contribution in [0.1, 0.15) is 37.5 Å². The van der Waals surface area contributed by atoms with Gasteiger partial charge < -0.3 is 9.84 Å². The first-order valence-corrected chi connectivity index (χ1v) is 7.17. The molecule has 19 heavy (non-hydrogen) atoms. The van der Waals surface area contributed by atoms with Crippen LogP contribution in [-0.2, 0) is 4.74 Å². The molecule has 2 rings (SSSR count). The van der Waals surface area contributed by atoms with Crippen molar-refractivity contribution in [2.75, 3.05) is 19.7 Å². The first kappa shape index (κ1) is 14.5. The van der Waals surface area contributed by atoms with E-state index in [1.165, 1.54) is 5.56 Å². The Kier molecular flexibility index (Phi) is 4.97. The van der Waals surface area contributed by atoms with E-state index in [1.54, 1.807) is 0 Å². The smallest absolute Gasteiger partial charge is 0.0804 e. The van der Waals surface area contributed by atoms with Gasteiger partial charge in [0.2, 0.25) is 0 Å². The number of hydrogen-bond acceptors (Lipinski definition) is 3. The fourth-order valence-corrected chi connectivity index (χ4v) is 2.69. The number of aliphatic hydroxyl groups is 1. The summed E-state index contributed by atoms with van der Waals surface area (Å²) in [6.45, 7) is 9.02. The Bertz CT molecular complexity index is 407. The van der Waals surface area contributed by atoms with Crippen LogP contribution < -0.4 is 0 Å². The van der Waals surface area contributed by atoms with E-state index in [0.29, 0.717) is 12.1 Å². The maximum Gasteiger partial charge on any atom is 0.0804 e. The second-order valence-electron chi connectivity index (χ2n) is 5.65. The van der Waals surface area contributed by atoms with Crippen molar-refractivity contribution in [2.45, 2.75) is 45.4 Å². The van der Waals surface area contributed by atoms with Crippen molar-refractivity contribution in [1.29, 1.82) is 0 Å². The van der Waals surface area contributed by atoms with Crippen LogP contribution in [0, 0.1) is 6.92 Å². The normalized spacial score (nSPS) is 26.3. The molecular formula is C16H25NO2. The highest BCUT2D eigenvalue weighted by molar-refractivity contribution is 5.27. The molecule has 3 unspecified atom stereocenters. The Balaban J connectivity index is 1.89. The average Bonchev–Trinajstić information content (AvgIpc) is 2.40. The Labute approximate surface area is 116 Å². The predicted octanol–water partition coefficient (Wildman–Crippen LogP) is 2.53. The Morgan fingerprint density at radius 3 is 2.84 bits per heavy atom. The van der Waals surface area contributed by atoms with Gasteiger partial charge in [-0.15, -0.1) is 0 Å². The van der Waals surface area contributed by atoms with Gasteiger partial charge in [-0.25, -0.2) is 0 Å². The number of nitrogens with zero attached hydrogens (tertiary/aromatic N) is 1. The van der Waals surface area contributed by atoms with Crippen molar-refractivity contribution in [3.05, 3.63) is 35.4 Å². The van der Waals surface area contributed by atoms with Crippen LogP contribution in [0.25, 0.3) is 0 Å². The molecule has 1 saturated heterocycles. The summed E-state index contributed by atoms with van der Waals surface area (Å²) in [5, 5.41) is 10.3. The molecule has 1 aromatic carbocycles. The maximum atomic E-state index is 10.3. The van der Waals surface area contributed by atoms with Gasteiger partial charge >= 0.3 is 0 Å². The van der Waals surface area contributed by atoms with Gasteiger partial charge in [0.1, 0.15) is 0 Å². The third-order valence-electron chi connectivity index (χ3n) is 3.97. The van der Waals surface area contributed by atoms with Gasteiger partial charge in [0.15, 0.2) is 0 Å². The van der Waals surface area contributed by atoms with Crippen LogP contribution in [0.5, 0.6) is 0 Å². The molecule has 0 spiro atoms. The van der Waals surface area contributed by atoms with Crippen molar-refractivity contribution < 1.29 is 9.84 Å². The summed E-state index contributed by atoms with van der Waals surface area (Å²) in [5.41, 5.74) is 2.22. The zero-order chi connectivity index (χ0) is 13.8. The highest BCUT2D eigenvalue weighted by Crippen LogP contribution is 2.22. The monoisotopic (exact) mass is 263 g/mol. The molecule has 1 aromatic rings. The van der Waals surface area contributed by atoms with Crippen LogP contribution in [-0.4, -0.2) is 41.8 Å². The molecule has 1 fully saturated rings. The highest BCUT2D eigenvalue weighted by atomic mass is 16.5. The van der Waals surface area contributed by atoms with Gasteiger partial charge in [-0.05, 0) is 38.3 Å². The number of hydrogen-bond donors (Lipinski definition) is 1. The minimum absolute atomic E-state index is 0.298. The predicted molar refractivity (Wildman–Crippen MR) is 77.2 cm³/mol. The lowest BCUT2D eigenvalue weighted by atomic mass is 10.0. The third-order valence-corrected chi connectivity index (χ3v) is 3.97. The minimum Gasteiger partial charge on any atom is -0.388 e. The summed E-state index contributed by atoms with van der Waals surface area (Å²) in [6, 6.07) is 8.52.